The average molecular weight is 499 g/mol. The molecule has 1 fully saturated rings. The highest BCUT2D eigenvalue weighted by atomic mass is 127. The largest absolute Gasteiger partial charge is 0.371 e. The van der Waals surface area contributed by atoms with E-state index in [4.69, 9.17) is 4.99 Å². The number of aliphatic imine (C=N–C) groups is 1. The summed E-state index contributed by atoms with van der Waals surface area (Å²) >= 11 is 1.74. The number of piperidine rings is 1. The number of nitrogens with one attached hydrogen (secondary N) is 2. The monoisotopic (exact) mass is 499 g/mol. The molecule has 1 aromatic carbocycles. The van der Waals surface area contributed by atoms with Crippen LogP contribution in [0.3, 0.4) is 0 Å². The van der Waals surface area contributed by atoms with Gasteiger partial charge in [0.05, 0.1) is 17.2 Å². The molecule has 1 aromatic heterocycles. The van der Waals surface area contributed by atoms with Gasteiger partial charge in [0.1, 0.15) is 0 Å². The summed E-state index contributed by atoms with van der Waals surface area (Å²) in [5.74, 6) is 0.913. The maximum absolute atomic E-state index is 4.78. The third kappa shape index (κ3) is 6.34. The number of para-hydroxylation sites is 1. The van der Waals surface area contributed by atoms with Crippen molar-refractivity contribution < 1.29 is 0 Å². The summed E-state index contributed by atoms with van der Waals surface area (Å²) in [7, 11) is 0. The van der Waals surface area contributed by atoms with Gasteiger partial charge in [-0.3, -0.25) is 0 Å². The number of aromatic nitrogens is 1. The van der Waals surface area contributed by atoms with Gasteiger partial charge in [-0.15, -0.1) is 35.3 Å². The number of guanidine groups is 1. The molecule has 148 valence electrons. The van der Waals surface area contributed by atoms with Crippen molar-refractivity contribution in [2.24, 2.45) is 4.99 Å². The Kier molecular flexibility index (Phi) is 8.82. The first-order valence-electron chi connectivity index (χ1n) is 9.43. The second-order valence-electron chi connectivity index (χ2n) is 6.68. The van der Waals surface area contributed by atoms with Gasteiger partial charge in [-0.1, -0.05) is 18.2 Å². The van der Waals surface area contributed by atoms with Gasteiger partial charge in [0, 0.05) is 36.2 Å². The van der Waals surface area contributed by atoms with Crippen LogP contribution in [0.2, 0.25) is 0 Å². The first-order valence-corrected chi connectivity index (χ1v) is 10.2. The van der Waals surface area contributed by atoms with Gasteiger partial charge in [0.2, 0.25) is 0 Å². The van der Waals surface area contributed by atoms with E-state index in [1.54, 1.807) is 11.3 Å². The molecular weight excluding hydrogens is 469 g/mol. The van der Waals surface area contributed by atoms with Crippen molar-refractivity contribution in [3.63, 3.8) is 0 Å². The molecule has 0 unspecified atom stereocenters. The number of halogens is 1. The Hall–Kier alpha value is -1.35. The lowest BCUT2D eigenvalue weighted by atomic mass is 10.0. The highest BCUT2D eigenvalue weighted by molar-refractivity contribution is 14.0. The maximum atomic E-state index is 4.78. The van der Waals surface area contributed by atoms with E-state index in [-0.39, 0.29) is 24.0 Å². The molecule has 5 nitrogen and oxygen atoms in total. The van der Waals surface area contributed by atoms with Crippen LogP contribution in [0, 0.1) is 13.8 Å². The van der Waals surface area contributed by atoms with Crippen LogP contribution in [0.15, 0.2) is 35.3 Å². The minimum Gasteiger partial charge on any atom is -0.371 e. The van der Waals surface area contributed by atoms with E-state index in [0.29, 0.717) is 12.6 Å². The van der Waals surface area contributed by atoms with E-state index in [0.717, 1.165) is 49.1 Å². The standard InChI is InChI=1S/C20H29N5S.HI/c1-4-21-20(22-14-19-15(2)23-16(3)26-19)24-17-10-12-25(13-11-17)18-8-6-5-7-9-18;/h5-9,17H,4,10-14H2,1-3H3,(H2,21,22,24);1H. The molecule has 1 aliphatic rings. The van der Waals surface area contributed by atoms with Crippen molar-refractivity contribution in [3.8, 4) is 0 Å². The molecule has 1 aliphatic heterocycles. The fraction of sp³-hybridized carbons (Fsp3) is 0.500. The first-order chi connectivity index (χ1) is 12.7. The molecule has 0 atom stereocenters. The molecule has 7 heteroatoms. The van der Waals surface area contributed by atoms with E-state index in [1.807, 2.05) is 0 Å². The molecule has 1 saturated heterocycles. The van der Waals surface area contributed by atoms with Gasteiger partial charge >= 0.3 is 0 Å². The lowest BCUT2D eigenvalue weighted by molar-refractivity contribution is 0.461. The Morgan fingerprint density at radius 2 is 1.93 bits per heavy atom. The van der Waals surface area contributed by atoms with E-state index in [9.17, 15) is 0 Å². The van der Waals surface area contributed by atoms with Crippen molar-refractivity contribution in [1.82, 2.24) is 15.6 Å². The van der Waals surface area contributed by atoms with E-state index in [1.165, 1.54) is 10.6 Å². The fourth-order valence-electron chi connectivity index (χ4n) is 3.31. The predicted octanol–water partition coefficient (Wildman–Crippen LogP) is 4.10. The summed E-state index contributed by atoms with van der Waals surface area (Å²) in [6.45, 7) is 9.94. The Balaban J connectivity index is 0.00000261. The minimum atomic E-state index is 0. The summed E-state index contributed by atoms with van der Waals surface area (Å²) in [6.07, 6.45) is 2.25. The number of hydrogen-bond acceptors (Lipinski definition) is 4. The number of hydrogen-bond donors (Lipinski definition) is 2. The molecule has 0 spiro atoms. The summed E-state index contributed by atoms with van der Waals surface area (Å²) in [5.41, 5.74) is 2.42. The zero-order valence-corrected chi connectivity index (χ0v) is 19.5. The number of aryl methyl sites for hydroxylation is 2. The number of thiazole rings is 1. The molecule has 0 aliphatic carbocycles. The molecule has 0 bridgehead atoms. The molecule has 0 saturated carbocycles. The van der Waals surface area contributed by atoms with Crippen LogP contribution in [-0.2, 0) is 6.54 Å². The normalized spacial score (nSPS) is 15.4. The molecule has 27 heavy (non-hydrogen) atoms. The first kappa shape index (κ1) is 21.9. The van der Waals surface area contributed by atoms with Crippen molar-refractivity contribution in [2.75, 3.05) is 24.5 Å². The summed E-state index contributed by atoms with van der Waals surface area (Å²) in [5, 5.41) is 8.11. The van der Waals surface area contributed by atoms with Crippen molar-refractivity contribution in [3.05, 3.63) is 45.9 Å². The maximum Gasteiger partial charge on any atom is 0.191 e. The van der Waals surface area contributed by atoms with Gasteiger partial charge in [0.25, 0.3) is 0 Å². The Morgan fingerprint density at radius 1 is 1.22 bits per heavy atom. The Morgan fingerprint density at radius 3 is 2.52 bits per heavy atom. The third-order valence-corrected chi connectivity index (χ3v) is 5.74. The quantitative estimate of drug-likeness (QED) is 0.370. The third-order valence-electron chi connectivity index (χ3n) is 4.68. The predicted molar refractivity (Wildman–Crippen MR) is 127 cm³/mol. The topological polar surface area (TPSA) is 52.6 Å². The summed E-state index contributed by atoms with van der Waals surface area (Å²) < 4.78 is 0. The Labute approximate surface area is 183 Å². The van der Waals surface area contributed by atoms with Crippen LogP contribution in [0.5, 0.6) is 0 Å². The molecule has 2 aromatic rings. The second kappa shape index (κ2) is 10.8. The average Bonchev–Trinajstić information content (AvgIpc) is 2.98. The number of anilines is 1. The Bertz CT molecular complexity index is 723. The van der Waals surface area contributed by atoms with E-state index in [2.05, 4.69) is 71.6 Å². The van der Waals surface area contributed by atoms with Gasteiger partial charge in [-0.25, -0.2) is 9.98 Å². The van der Waals surface area contributed by atoms with Crippen LogP contribution in [0.25, 0.3) is 0 Å². The summed E-state index contributed by atoms with van der Waals surface area (Å²) in [4.78, 5) is 13.0. The van der Waals surface area contributed by atoms with Crippen LogP contribution >= 0.6 is 35.3 Å². The summed E-state index contributed by atoms with van der Waals surface area (Å²) in [6, 6.07) is 11.1. The van der Waals surface area contributed by atoms with Crippen molar-refractivity contribution in [1.29, 1.82) is 0 Å². The second-order valence-corrected chi connectivity index (χ2v) is 7.97. The smallest absolute Gasteiger partial charge is 0.191 e. The fourth-order valence-corrected chi connectivity index (χ4v) is 4.17. The molecule has 2 heterocycles. The molecular formula is C20H30IN5S. The van der Waals surface area contributed by atoms with Crippen LogP contribution in [-0.4, -0.2) is 36.6 Å². The van der Waals surface area contributed by atoms with Crippen LogP contribution in [0.1, 0.15) is 35.3 Å². The minimum absolute atomic E-state index is 0. The van der Waals surface area contributed by atoms with Crippen molar-refractivity contribution >= 4 is 47.0 Å². The van der Waals surface area contributed by atoms with E-state index < -0.39 is 0 Å². The molecule has 2 N–H and O–H groups in total. The zero-order valence-electron chi connectivity index (χ0n) is 16.4. The van der Waals surface area contributed by atoms with Gasteiger partial charge in [-0.05, 0) is 45.7 Å². The lowest BCUT2D eigenvalue weighted by Gasteiger charge is -2.34. The molecule has 0 radical (unpaired) electrons. The van der Waals surface area contributed by atoms with Gasteiger partial charge in [0.15, 0.2) is 5.96 Å². The number of nitrogens with zero attached hydrogens (tertiary/aromatic N) is 3. The molecule has 0 amide bonds. The van der Waals surface area contributed by atoms with Crippen LogP contribution < -0.4 is 15.5 Å². The SMILES string of the molecule is CCNC(=NCc1sc(C)nc1C)NC1CCN(c2ccccc2)CC1.I. The highest BCUT2D eigenvalue weighted by Gasteiger charge is 2.20. The van der Waals surface area contributed by atoms with E-state index >= 15 is 0 Å². The lowest BCUT2D eigenvalue weighted by Crippen LogP contribution is -2.48. The van der Waals surface area contributed by atoms with Gasteiger partial charge in [-0.2, -0.15) is 0 Å². The van der Waals surface area contributed by atoms with Crippen LogP contribution in [0.4, 0.5) is 5.69 Å². The molecule has 3 rings (SSSR count). The number of benzene rings is 1. The number of rotatable bonds is 5. The highest BCUT2D eigenvalue weighted by Crippen LogP contribution is 2.20. The zero-order chi connectivity index (χ0) is 18.4. The van der Waals surface area contributed by atoms with Crippen molar-refractivity contribution in [2.45, 2.75) is 46.2 Å². The van der Waals surface area contributed by atoms with Gasteiger partial charge < -0.3 is 15.5 Å².